The van der Waals surface area contributed by atoms with Crippen molar-refractivity contribution in [2.45, 2.75) is 6.92 Å². The average molecular weight is 333 g/mol. The van der Waals surface area contributed by atoms with Crippen molar-refractivity contribution in [3.05, 3.63) is 63.4 Å². The number of rotatable bonds is 2. The summed E-state index contributed by atoms with van der Waals surface area (Å²) in [4.78, 5) is 12.1. The quantitative estimate of drug-likeness (QED) is 0.902. The number of benzene rings is 2. The fourth-order valence-electron chi connectivity index (χ4n) is 1.75. The Morgan fingerprint density at radius 1 is 1.30 bits per heavy atom. The van der Waals surface area contributed by atoms with Crippen LogP contribution in [0.3, 0.4) is 0 Å². The molecule has 2 aromatic rings. The van der Waals surface area contributed by atoms with Crippen molar-refractivity contribution in [2.75, 3.05) is 5.32 Å². The minimum Gasteiger partial charge on any atom is -0.321 e. The van der Waals surface area contributed by atoms with Gasteiger partial charge in [0.15, 0.2) is 0 Å². The number of halogens is 2. The molecule has 0 unspecified atom stereocenters. The van der Waals surface area contributed by atoms with Crippen molar-refractivity contribution >= 4 is 27.5 Å². The highest BCUT2D eigenvalue weighted by molar-refractivity contribution is 9.10. The molecule has 0 fully saturated rings. The molecule has 20 heavy (non-hydrogen) atoms. The molecule has 0 aliphatic heterocycles. The van der Waals surface area contributed by atoms with Crippen LogP contribution in [0.15, 0.2) is 40.9 Å². The number of carbonyl (C=O) groups excluding carboxylic acids is 1. The van der Waals surface area contributed by atoms with Crippen molar-refractivity contribution in [3.8, 4) is 6.07 Å². The van der Waals surface area contributed by atoms with E-state index in [9.17, 15) is 9.18 Å². The first-order chi connectivity index (χ1) is 9.49. The number of carbonyl (C=O) groups is 1. The molecular weight excluding hydrogens is 323 g/mol. The largest absolute Gasteiger partial charge is 0.321 e. The molecule has 2 rings (SSSR count). The van der Waals surface area contributed by atoms with E-state index >= 15 is 0 Å². The third-order valence-corrected chi connectivity index (χ3v) is 3.31. The average Bonchev–Trinajstić information content (AvgIpc) is 2.39. The molecule has 0 aromatic heterocycles. The molecule has 0 heterocycles. The Hall–Kier alpha value is -2.19. The maximum atomic E-state index is 13.3. The second-order valence-corrected chi connectivity index (χ2v) is 5.13. The van der Waals surface area contributed by atoms with Crippen LogP contribution in [0.5, 0.6) is 0 Å². The Morgan fingerprint density at radius 2 is 2.05 bits per heavy atom. The van der Waals surface area contributed by atoms with Gasteiger partial charge in [-0.2, -0.15) is 5.26 Å². The van der Waals surface area contributed by atoms with Crippen molar-refractivity contribution in [1.29, 1.82) is 5.26 Å². The molecule has 2 aromatic carbocycles. The van der Waals surface area contributed by atoms with Gasteiger partial charge in [-0.3, -0.25) is 4.79 Å². The highest BCUT2D eigenvalue weighted by Gasteiger charge is 2.10. The van der Waals surface area contributed by atoms with Crippen LogP contribution in [0.25, 0.3) is 0 Å². The number of aryl methyl sites for hydroxylation is 1. The number of anilines is 1. The molecule has 0 saturated heterocycles. The Labute approximate surface area is 124 Å². The van der Waals surface area contributed by atoms with Gasteiger partial charge in [0.25, 0.3) is 5.91 Å². The predicted molar refractivity (Wildman–Crippen MR) is 77.9 cm³/mol. The summed E-state index contributed by atoms with van der Waals surface area (Å²) in [6.45, 7) is 1.72. The van der Waals surface area contributed by atoms with E-state index in [0.717, 1.165) is 0 Å². The maximum absolute atomic E-state index is 13.3. The van der Waals surface area contributed by atoms with E-state index in [1.54, 1.807) is 31.2 Å². The summed E-state index contributed by atoms with van der Waals surface area (Å²) in [6.07, 6.45) is 0. The highest BCUT2D eigenvalue weighted by atomic mass is 79.9. The topological polar surface area (TPSA) is 52.9 Å². The van der Waals surface area contributed by atoms with Crippen LogP contribution >= 0.6 is 15.9 Å². The maximum Gasteiger partial charge on any atom is 0.255 e. The van der Waals surface area contributed by atoms with Crippen LogP contribution in [0.1, 0.15) is 21.5 Å². The zero-order valence-electron chi connectivity index (χ0n) is 10.6. The van der Waals surface area contributed by atoms with E-state index in [2.05, 4.69) is 21.2 Å². The standard InChI is InChI=1S/C15H10BrFN2O/c1-9-4-11(7-12(17)5-9)15(20)19-14-3-2-10(8-18)6-13(14)16/h2-7H,1H3,(H,19,20). The minimum atomic E-state index is -0.450. The normalized spacial score (nSPS) is 9.90. The molecule has 0 radical (unpaired) electrons. The van der Waals surface area contributed by atoms with Gasteiger partial charge >= 0.3 is 0 Å². The number of nitrogens with one attached hydrogen (secondary N) is 1. The Kier molecular flexibility index (Phi) is 4.16. The number of nitriles is 1. The third kappa shape index (κ3) is 3.22. The molecule has 0 bridgehead atoms. The van der Waals surface area contributed by atoms with Gasteiger partial charge in [-0.15, -0.1) is 0 Å². The van der Waals surface area contributed by atoms with Gasteiger partial charge in [0.05, 0.1) is 17.3 Å². The van der Waals surface area contributed by atoms with Crippen molar-refractivity contribution in [1.82, 2.24) is 0 Å². The Bertz CT molecular complexity index is 702. The fraction of sp³-hybridized carbons (Fsp3) is 0.0667. The van der Waals surface area contributed by atoms with E-state index in [1.165, 1.54) is 12.1 Å². The third-order valence-electron chi connectivity index (χ3n) is 2.65. The van der Waals surface area contributed by atoms with Crippen LogP contribution in [0, 0.1) is 24.1 Å². The van der Waals surface area contributed by atoms with Crippen LogP contribution in [0.2, 0.25) is 0 Å². The van der Waals surface area contributed by atoms with Gasteiger partial charge in [-0.1, -0.05) is 0 Å². The monoisotopic (exact) mass is 332 g/mol. The molecule has 0 spiro atoms. The lowest BCUT2D eigenvalue weighted by Crippen LogP contribution is -2.12. The fourth-order valence-corrected chi connectivity index (χ4v) is 2.23. The van der Waals surface area contributed by atoms with E-state index in [0.29, 0.717) is 21.3 Å². The summed E-state index contributed by atoms with van der Waals surface area (Å²) in [5.74, 6) is -0.855. The SMILES string of the molecule is Cc1cc(F)cc(C(=O)Nc2ccc(C#N)cc2Br)c1. The summed E-state index contributed by atoms with van der Waals surface area (Å²) < 4.78 is 13.9. The summed E-state index contributed by atoms with van der Waals surface area (Å²) in [6, 6.07) is 11.0. The van der Waals surface area contributed by atoms with Gasteiger partial charge in [0.1, 0.15) is 5.82 Å². The lowest BCUT2D eigenvalue weighted by molar-refractivity contribution is 0.102. The van der Waals surface area contributed by atoms with Crippen LogP contribution in [-0.4, -0.2) is 5.91 Å². The summed E-state index contributed by atoms with van der Waals surface area (Å²) in [5.41, 5.74) is 1.93. The molecule has 0 aliphatic carbocycles. The molecule has 3 nitrogen and oxygen atoms in total. The number of nitrogens with zero attached hydrogens (tertiary/aromatic N) is 1. The summed E-state index contributed by atoms with van der Waals surface area (Å²) >= 11 is 3.28. The molecular formula is C15H10BrFN2O. The number of hydrogen-bond donors (Lipinski definition) is 1. The van der Waals surface area contributed by atoms with Gasteiger partial charge in [-0.05, 0) is 64.8 Å². The molecule has 1 N–H and O–H groups in total. The van der Waals surface area contributed by atoms with Gasteiger partial charge in [0.2, 0.25) is 0 Å². The van der Waals surface area contributed by atoms with Crippen LogP contribution < -0.4 is 5.32 Å². The number of hydrogen-bond acceptors (Lipinski definition) is 2. The first-order valence-electron chi connectivity index (χ1n) is 5.78. The summed E-state index contributed by atoms with van der Waals surface area (Å²) in [5, 5.41) is 11.4. The molecule has 0 saturated carbocycles. The predicted octanol–water partition coefficient (Wildman–Crippen LogP) is 4.02. The Morgan fingerprint density at radius 3 is 2.65 bits per heavy atom. The molecule has 100 valence electrons. The van der Waals surface area contributed by atoms with Crippen LogP contribution in [0.4, 0.5) is 10.1 Å². The molecule has 5 heteroatoms. The van der Waals surface area contributed by atoms with Crippen molar-refractivity contribution in [3.63, 3.8) is 0 Å². The Balaban J connectivity index is 2.26. The zero-order valence-corrected chi connectivity index (χ0v) is 12.2. The van der Waals surface area contributed by atoms with E-state index in [1.807, 2.05) is 6.07 Å². The smallest absolute Gasteiger partial charge is 0.255 e. The second-order valence-electron chi connectivity index (χ2n) is 4.28. The first-order valence-corrected chi connectivity index (χ1v) is 6.57. The van der Waals surface area contributed by atoms with Gasteiger partial charge in [0, 0.05) is 10.0 Å². The lowest BCUT2D eigenvalue weighted by atomic mass is 10.1. The molecule has 0 aliphatic rings. The zero-order chi connectivity index (χ0) is 14.7. The second kappa shape index (κ2) is 5.85. The van der Waals surface area contributed by atoms with E-state index in [4.69, 9.17) is 5.26 Å². The number of amides is 1. The van der Waals surface area contributed by atoms with Crippen molar-refractivity contribution in [2.24, 2.45) is 0 Å². The highest BCUT2D eigenvalue weighted by Crippen LogP contribution is 2.24. The molecule has 1 amide bonds. The lowest BCUT2D eigenvalue weighted by Gasteiger charge is -2.08. The van der Waals surface area contributed by atoms with Crippen LogP contribution in [-0.2, 0) is 0 Å². The van der Waals surface area contributed by atoms with Crippen molar-refractivity contribution < 1.29 is 9.18 Å². The van der Waals surface area contributed by atoms with E-state index in [-0.39, 0.29) is 5.56 Å². The van der Waals surface area contributed by atoms with E-state index < -0.39 is 11.7 Å². The summed E-state index contributed by atoms with van der Waals surface area (Å²) in [7, 11) is 0. The minimum absolute atomic E-state index is 0.249. The van der Waals surface area contributed by atoms with Gasteiger partial charge in [-0.25, -0.2) is 4.39 Å². The first kappa shape index (κ1) is 14.2. The van der Waals surface area contributed by atoms with Gasteiger partial charge < -0.3 is 5.32 Å². The molecule has 0 atom stereocenters.